The van der Waals surface area contributed by atoms with E-state index in [4.69, 9.17) is 9.47 Å². The van der Waals surface area contributed by atoms with E-state index < -0.39 is 23.7 Å². The zero-order valence-corrected chi connectivity index (χ0v) is 12.4. The summed E-state index contributed by atoms with van der Waals surface area (Å²) in [7, 11) is 0. The van der Waals surface area contributed by atoms with Crippen LogP contribution in [0.1, 0.15) is 26.3 Å². The van der Waals surface area contributed by atoms with Crippen molar-refractivity contribution in [2.75, 3.05) is 6.61 Å². The van der Waals surface area contributed by atoms with Crippen LogP contribution in [-0.2, 0) is 20.9 Å². The first-order valence-corrected chi connectivity index (χ1v) is 6.60. The Morgan fingerprint density at radius 1 is 1.24 bits per heavy atom. The Hall–Kier alpha value is -2.08. The molecular formula is C15H20NO5-. The molecule has 0 aliphatic carbocycles. The van der Waals surface area contributed by atoms with Crippen molar-refractivity contribution in [2.24, 2.45) is 0 Å². The first kappa shape index (κ1) is 17.0. The van der Waals surface area contributed by atoms with Gasteiger partial charge in [-0.1, -0.05) is 30.3 Å². The summed E-state index contributed by atoms with van der Waals surface area (Å²) in [6, 6.07) is 7.82. The van der Waals surface area contributed by atoms with Gasteiger partial charge in [-0.05, 0) is 26.3 Å². The van der Waals surface area contributed by atoms with Gasteiger partial charge < -0.3 is 24.7 Å². The molecule has 1 aromatic carbocycles. The minimum absolute atomic E-state index is 0.0621. The zero-order chi connectivity index (χ0) is 15.9. The van der Waals surface area contributed by atoms with Crippen LogP contribution >= 0.6 is 0 Å². The molecule has 1 aromatic rings. The maximum Gasteiger partial charge on any atom is 0.408 e. The van der Waals surface area contributed by atoms with Crippen LogP contribution in [0, 0.1) is 0 Å². The Bertz CT molecular complexity index is 467. The molecule has 0 saturated heterocycles. The largest absolute Gasteiger partial charge is 0.548 e. The molecule has 116 valence electrons. The third-order valence-corrected chi connectivity index (χ3v) is 2.47. The highest BCUT2D eigenvalue weighted by Gasteiger charge is 2.18. The molecule has 0 bridgehead atoms. The van der Waals surface area contributed by atoms with Crippen molar-refractivity contribution in [1.29, 1.82) is 0 Å². The number of carbonyl (C=O) groups is 2. The summed E-state index contributed by atoms with van der Waals surface area (Å²) >= 11 is 0. The molecule has 0 aromatic heterocycles. The molecule has 0 aliphatic rings. The number of carboxylic acids is 1. The van der Waals surface area contributed by atoms with E-state index in [1.165, 1.54) is 0 Å². The maximum absolute atomic E-state index is 11.6. The standard InChI is InChI=1S/C15H21NO5/c1-15(2,3)21-10-12(13(17)18)16-14(19)20-9-11-7-5-4-6-8-11/h4-8,12H,9-10H2,1-3H3,(H,16,19)(H,17,18)/p-1/t12-/m0/s1. The molecule has 1 amide bonds. The third-order valence-electron chi connectivity index (χ3n) is 2.47. The topological polar surface area (TPSA) is 87.7 Å². The van der Waals surface area contributed by atoms with Crippen LogP contribution in [0.2, 0.25) is 0 Å². The SMILES string of the molecule is CC(C)(C)OC[C@H](NC(=O)OCc1ccccc1)C(=O)[O-]. The number of nitrogens with one attached hydrogen (secondary N) is 1. The fraction of sp³-hybridized carbons (Fsp3) is 0.467. The number of carboxylic acid groups (broad SMARTS) is 1. The maximum atomic E-state index is 11.6. The molecule has 21 heavy (non-hydrogen) atoms. The van der Waals surface area contributed by atoms with Gasteiger partial charge in [-0.3, -0.25) is 0 Å². The number of carbonyl (C=O) groups excluding carboxylic acids is 2. The number of amides is 1. The van der Waals surface area contributed by atoms with Crippen molar-refractivity contribution in [2.45, 2.75) is 39.0 Å². The molecule has 6 heteroatoms. The van der Waals surface area contributed by atoms with Crippen molar-refractivity contribution < 1.29 is 24.2 Å². The summed E-state index contributed by atoms with van der Waals surface area (Å²) in [5.74, 6) is -1.42. The number of rotatable bonds is 6. The van der Waals surface area contributed by atoms with Gasteiger partial charge in [-0.15, -0.1) is 0 Å². The van der Waals surface area contributed by atoms with E-state index in [-0.39, 0.29) is 13.2 Å². The predicted octanol–water partition coefficient (Wildman–Crippen LogP) is 0.846. The molecule has 1 rings (SSSR count). The van der Waals surface area contributed by atoms with Crippen LogP contribution in [0.25, 0.3) is 0 Å². The van der Waals surface area contributed by atoms with Crippen molar-refractivity contribution >= 4 is 12.1 Å². The van der Waals surface area contributed by atoms with Crippen molar-refractivity contribution in [1.82, 2.24) is 5.32 Å². The van der Waals surface area contributed by atoms with E-state index >= 15 is 0 Å². The van der Waals surface area contributed by atoms with Gasteiger partial charge in [0.2, 0.25) is 0 Å². The first-order chi connectivity index (χ1) is 9.78. The molecule has 1 atom stereocenters. The van der Waals surface area contributed by atoms with E-state index in [2.05, 4.69) is 5.32 Å². The number of ether oxygens (including phenoxy) is 2. The number of alkyl carbamates (subject to hydrolysis) is 1. The predicted molar refractivity (Wildman–Crippen MR) is 74.3 cm³/mol. The van der Waals surface area contributed by atoms with Gasteiger partial charge in [0.05, 0.1) is 24.2 Å². The van der Waals surface area contributed by atoms with Gasteiger partial charge in [0.15, 0.2) is 0 Å². The molecule has 0 heterocycles. The summed E-state index contributed by atoms with van der Waals surface area (Å²) in [6.45, 7) is 5.23. The fourth-order valence-electron chi connectivity index (χ4n) is 1.41. The monoisotopic (exact) mass is 294 g/mol. The molecular weight excluding hydrogens is 274 g/mol. The van der Waals surface area contributed by atoms with Gasteiger partial charge in [0.25, 0.3) is 0 Å². The van der Waals surface area contributed by atoms with Crippen molar-refractivity contribution in [3.05, 3.63) is 35.9 Å². The van der Waals surface area contributed by atoms with Gasteiger partial charge in [-0.2, -0.15) is 0 Å². The highest BCUT2D eigenvalue weighted by Crippen LogP contribution is 2.07. The van der Waals surface area contributed by atoms with E-state index in [0.29, 0.717) is 0 Å². The summed E-state index contributed by atoms with van der Waals surface area (Å²) in [5, 5.41) is 13.2. The molecule has 0 aliphatic heterocycles. The smallest absolute Gasteiger partial charge is 0.408 e. The molecule has 0 saturated carbocycles. The van der Waals surface area contributed by atoms with Crippen LogP contribution in [0.15, 0.2) is 30.3 Å². The van der Waals surface area contributed by atoms with Gasteiger partial charge >= 0.3 is 6.09 Å². The van der Waals surface area contributed by atoms with E-state index in [9.17, 15) is 14.7 Å². The van der Waals surface area contributed by atoms with Gasteiger partial charge in [0, 0.05) is 0 Å². The normalized spacial score (nSPS) is 12.5. The van der Waals surface area contributed by atoms with Crippen LogP contribution in [0.3, 0.4) is 0 Å². The molecule has 1 N–H and O–H groups in total. The number of hydrogen-bond donors (Lipinski definition) is 1. The lowest BCUT2D eigenvalue weighted by Gasteiger charge is -2.25. The number of benzene rings is 1. The van der Waals surface area contributed by atoms with Gasteiger partial charge in [-0.25, -0.2) is 4.79 Å². The summed E-state index contributed by atoms with van der Waals surface area (Å²) in [4.78, 5) is 22.5. The van der Waals surface area contributed by atoms with E-state index in [1.807, 2.05) is 18.2 Å². The number of hydrogen-bond acceptors (Lipinski definition) is 5. The Morgan fingerprint density at radius 3 is 2.38 bits per heavy atom. The summed E-state index contributed by atoms with van der Waals surface area (Å²) < 4.78 is 10.3. The lowest BCUT2D eigenvalue weighted by molar-refractivity contribution is -0.309. The summed E-state index contributed by atoms with van der Waals surface area (Å²) in [6.07, 6.45) is -0.828. The average molecular weight is 294 g/mol. The highest BCUT2D eigenvalue weighted by molar-refractivity contribution is 5.78. The molecule has 0 spiro atoms. The molecule has 6 nitrogen and oxygen atoms in total. The minimum atomic E-state index is -1.42. The Morgan fingerprint density at radius 2 is 1.86 bits per heavy atom. The third kappa shape index (κ3) is 7.31. The van der Waals surface area contributed by atoms with Crippen LogP contribution in [0.5, 0.6) is 0 Å². The van der Waals surface area contributed by atoms with Crippen molar-refractivity contribution in [3.8, 4) is 0 Å². The Labute approximate surface area is 124 Å². The lowest BCUT2D eigenvalue weighted by atomic mass is 10.2. The summed E-state index contributed by atoms with van der Waals surface area (Å²) in [5.41, 5.74) is 0.298. The van der Waals surface area contributed by atoms with Crippen LogP contribution in [-0.4, -0.2) is 30.3 Å². The number of aliphatic carboxylic acids is 1. The lowest BCUT2D eigenvalue weighted by Crippen LogP contribution is -2.51. The quantitative estimate of drug-likeness (QED) is 0.840. The Kier molecular flexibility index (Phi) is 6.17. The Balaban J connectivity index is 2.43. The molecule has 0 fully saturated rings. The molecule has 0 radical (unpaired) electrons. The zero-order valence-electron chi connectivity index (χ0n) is 12.4. The second-order valence-electron chi connectivity index (χ2n) is 5.50. The van der Waals surface area contributed by atoms with E-state index in [1.54, 1.807) is 32.9 Å². The van der Waals surface area contributed by atoms with Crippen LogP contribution < -0.4 is 10.4 Å². The van der Waals surface area contributed by atoms with E-state index in [0.717, 1.165) is 5.56 Å². The average Bonchev–Trinajstić information content (AvgIpc) is 2.41. The van der Waals surface area contributed by atoms with Crippen LogP contribution in [0.4, 0.5) is 4.79 Å². The highest BCUT2D eigenvalue weighted by atomic mass is 16.5. The van der Waals surface area contributed by atoms with Crippen molar-refractivity contribution in [3.63, 3.8) is 0 Å². The first-order valence-electron chi connectivity index (χ1n) is 6.60. The van der Waals surface area contributed by atoms with Gasteiger partial charge in [0.1, 0.15) is 6.61 Å². The second kappa shape index (κ2) is 7.64. The second-order valence-corrected chi connectivity index (χ2v) is 5.50. The fourth-order valence-corrected chi connectivity index (χ4v) is 1.41. The molecule has 0 unspecified atom stereocenters. The minimum Gasteiger partial charge on any atom is -0.548 e.